The van der Waals surface area contributed by atoms with Crippen LogP contribution in [0.2, 0.25) is 0 Å². The number of carbonyl (C=O) groups excluding carboxylic acids is 2. The molecule has 0 N–H and O–H groups in total. The van der Waals surface area contributed by atoms with Gasteiger partial charge in [-0.3, -0.25) is 4.79 Å². The van der Waals surface area contributed by atoms with Crippen LogP contribution in [0.15, 0.2) is 24.3 Å². The molecule has 2 nitrogen and oxygen atoms in total. The van der Waals surface area contributed by atoms with Crippen LogP contribution >= 0.6 is 0 Å². The zero-order valence-corrected chi connectivity index (χ0v) is 10.6. The average Bonchev–Trinajstić information content (AvgIpc) is 2.33. The molecule has 1 rings (SSSR count). The monoisotopic (exact) mass is 272 g/mol. The molecule has 0 aromatic heterocycles. The summed E-state index contributed by atoms with van der Waals surface area (Å²) in [7, 11) is 0. The Bertz CT molecular complexity index is 447. The highest BCUT2D eigenvalue weighted by Gasteiger charge is 2.30. The van der Waals surface area contributed by atoms with Crippen LogP contribution in [0.3, 0.4) is 0 Å². The predicted molar refractivity (Wildman–Crippen MR) is 64.9 cm³/mol. The summed E-state index contributed by atoms with van der Waals surface area (Å²) < 4.78 is 37.0. The van der Waals surface area contributed by atoms with Gasteiger partial charge in [-0.2, -0.15) is 13.2 Å². The van der Waals surface area contributed by atoms with Crippen LogP contribution in [0.4, 0.5) is 13.2 Å². The molecular weight excluding hydrogens is 257 g/mol. The van der Waals surface area contributed by atoms with E-state index in [9.17, 15) is 22.8 Å². The fraction of sp³-hybridized carbons (Fsp3) is 0.429. The second kappa shape index (κ2) is 6.50. The number of hydrogen-bond acceptors (Lipinski definition) is 2. The van der Waals surface area contributed by atoms with E-state index in [0.29, 0.717) is 19.3 Å². The van der Waals surface area contributed by atoms with Crippen molar-refractivity contribution in [2.75, 3.05) is 0 Å². The first-order chi connectivity index (χ1) is 8.80. The van der Waals surface area contributed by atoms with Gasteiger partial charge in [0.15, 0.2) is 5.78 Å². The van der Waals surface area contributed by atoms with Crippen molar-refractivity contribution >= 4 is 11.6 Å². The van der Waals surface area contributed by atoms with Gasteiger partial charge >= 0.3 is 6.18 Å². The van der Waals surface area contributed by atoms with Crippen LogP contribution in [0, 0.1) is 0 Å². The lowest BCUT2D eigenvalue weighted by Crippen LogP contribution is -2.06. The zero-order valence-electron chi connectivity index (χ0n) is 10.6. The fourth-order valence-corrected chi connectivity index (χ4v) is 1.65. The quantitative estimate of drug-likeness (QED) is 0.578. The Morgan fingerprint density at radius 1 is 1.00 bits per heavy atom. The summed E-state index contributed by atoms with van der Waals surface area (Å²) in [5, 5.41) is 0. The minimum Gasteiger partial charge on any atom is -0.300 e. The molecule has 0 aliphatic heterocycles. The molecular formula is C14H15F3O2. The molecule has 0 heterocycles. The van der Waals surface area contributed by atoms with E-state index in [-0.39, 0.29) is 23.6 Å². The lowest BCUT2D eigenvalue weighted by Gasteiger charge is -2.07. The standard InChI is InChI=1S/C14H15F3O2/c1-10(18)4-2-3-5-13(19)11-6-8-12(9-7-11)14(15,16)17/h6-9H,2-5H2,1H3. The number of ketones is 2. The fourth-order valence-electron chi connectivity index (χ4n) is 1.65. The maximum absolute atomic E-state index is 12.3. The number of carbonyl (C=O) groups is 2. The van der Waals surface area contributed by atoms with E-state index in [1.54, 1.807) is 0 Å². The van der Waals surface area contributed by atoms with Gasteiger partial charge in [-0.15, -0.1) is 0 Å². The molecule has 0 spiro atoms. The van der Waals surface area contributed by atoms with Crippen molar-refractivity contribution in [1.82, 2.24) is 0 Å². The molecule has 0 saturated heterocycles. The largest absolute Gasteiger partial charge is 0.416 e. The third-order valence-electron chi connectivity index (χ3n) is 2.72. The van der Waals surface area contributed by atoms with Gasteiger partial charge in [-0.1, -0.05) is 12.1 Å². The minimum absolute atomic E-state index is 0.0713. The number of unbranched alkanes of at least 4 members (excludes halogenated alkanes) is 1. The molecule has 0 bridgehead atoms. The summed E-state index contributed by atoms with van der Waals surface area (Å²) in [6.07, 6.45) is -2.51. The maximum Gasteiger partial charge on any atom is 0.416 e. The third-order valence-corrected chi connectivity index (χ3v) is 2.72. The molecule has 0 aliphatic carbocycles. The number of Topliss-reactive ketones (excluding diaryl/α,β-unsaturated/α-hetero) is 2. The summed E-state index contributed by atoms with van der Waals surface area (Å²) >= 11 is 0. The van der Waals surface area contributed by atoms with Crippen LogP contribution in [0.5, 0.6) is 0 Å². The van der Waals surface area contributed by atoms with Gasteiger partial charge < -0.3 is 4.79 Å². The highest BCUT2D eigenvalue weighted by molar-refractivity contribution is 5.96. The first-order valence-corrected chi connectivity index (χ1v) is 6.00. The van der Waals surface area contributed by atoms with Gasteiger partial charge in [0.25, 0.3) is 0 Å². The Hall–Kier alpha value is -1.65. The topological polar surface area (TPSA) is 34.1 Å². The second-order valence-corrected chi connectivity index (χ2v) is 4.41. The molecule has 1 aromatic carbocycles. The van der Waals surface area contributed by atoms with Gasteiger partial charge in [0, 0.05) is 18.4 Å². The van der Waals surface area contributed by atoms with E-state index in [4.69, 9.17) is 0 Å². The van der Waals surface area contributed by atoms with Crippen LogP contribution < -0.4 is 0 Å². The third kappa shape index (κ3) is 5.24. The van der Waals surface area contributed by atoms with Crippen molar-refractivity contribution in [3.8, 4) is 0 Å². The second-order valence-electron chi connectivity index (χ2n) is 4.41. The van der Waals surface area contributed by atoms with Crippen molar-refractivity contribution < 1.29 is 22.8 Å². The summed E-state index contributed by atoms with van der Waals surface area (Å²) in [5.74, 6) is -0.126. The Balaban J connectivity index is 2.52. The summed E-state index contributed by atoms with van der Waals surface area (Å²) in [4.78, 5) is 22.4. The van der Waals surface area contributed by atoms with Crippen LogP contribution in [-0.4, -0.2) is 11.6 Å². The molecule has 0 aliphatic rings. The van der Waals surface area contributed by atoms with Crippen LogP contribution in [0.1, 0.15) is 48.5 Å². The number of alkyl halides is 3. The molecule has 0 saturated carbocycles. The van der Waals surface area contributed by atoms with Gasteiger partial charge in [0.2, 0.25) is 0 Å². The molecule has 0 unspecified atom stereocenters. The van der Waals surface area contributed by atoms with Crippen LogP contribution in [0.25, 0.3) is 0 Å². The molecule has 0 amide bonds. The van der Waals surface area contributed by atoms with Crippen molar-refractivity contribution in [1.29, 1.82) is 0 Å². The Kier molecular flexibility index (Phi) is 5.27. The summed E-state index contributed by atoms with van der Waals surface area (Å²) in [5.41, 5.74) is -0.489. The summed E-state index contributed by atoms with van der Waals surface area (Å²) in [6.45, 7) is 1.48. The first-order valence-electron chi connectivity index (χ1n) is 6.00. The van der Waals surface area contributed by atoms with E-state index < -0.39 is 11.7 Å². The Morgan fingerprint density at radius 3 is 2.00 bits per heavy atom. The normalized spacial score (nSPS) is 11.4. The van der Waals surface area contributed by atoms with E-state index in [0.717, 1.165) is 12.1 Å². The van der Waals surface area contributed by atoms with Gasteiger partial charge in [-0.05, 0) is 31.9 Å². The van der Waals surface area contributed by atoms with Crippen molar-refractivity contribution in [3.05, 3.63) is 35.4 Å². The first kappa shape index (κ1) is 15.4. The van der Waals surface area contributed by atoms with E-state index >= 15 is 0 Å². The van der Waals surface area contributed by atoms with Gasteiger partial charge in [-0.25, -0.2) is 0 Å². The molecule has 19 heavy (non-hydrogen) atoms. The Labute approximate surface area is 109 Å². The number of halogens is 3. The number of hydrogen-bond donors (Lipinski definition) is 0. The smallest absolute Gasteiger partial charge is 0.300 e. The van der Waals surface area contributed by atoms with E-state index in [1.165, 1.54) is 19.1 Å². The average molecular weight is 272 g/mol. The molecule has 0 radical (unpaired) electrons. The van der Waals surface area contributed by atoms with Gasteiger partial charge in [0.05, 0.1) is 5.56 Å². The van der Waals surface area contributed by atoms with E-state index in [1.807, 2.05) is 0 Å². The molecule has 1 aromatic rings. The predicted octanol–water partition coefficient (Wildman–Crippen LogP) is 4.04. The van der Waals surface area contributed by atoms with Gasteiger partial charge in [0.1, 0.15) is 5.78 Å². The number of rotatable bonds is 6. The summed E-state index contributed by atoms with van der Waals surface area (Å²) in [6, 6.07) is 4.19. The zero-order chi connectivity index (χ0) is 14.5. The van der Waals surface area contributed by atoms with E-state index in [2.05, 4.69) is 0 Å². The lowest BCUT2D eigenvalue weighted by molar-refractivity contribution is -0.137. The van der Waals surface area contributed by atoms with Crippen molar-refractivity contribution in [3.63, 3.8) is 0 Å². The SMILES string of the molecule is CC(=O)CCCCC(=O)c1ccc(C(F)(F)F)cc1. The number of benzene rings is 1. The van der Waals surface area contributed by atoms with Crippen molar-refractivity contribution in [2.45, 2.75) is 38.8 Å². The highest BCUT2D eigenvalue weighted by Crippen LogP contribution is 2.29. The Morgan fingerprint density at radius 2 is 1.53 bits per heavy atom. The minimum atomic E-state index is -4.39. The molecule has 0 atom stereocenters. The molecule has 5 heteroatoms. The molecule has 0 fully saturated rings. The van der Waals surface area contributed by atoms with Crippen LogP contribution in [-0.2, 0) is 11.0 Å². The molecule has 104 valence electrons. The lowest BCUT2D eigenvalue weighted by atomic mass is 10.0. The maximum atomic E-state index is 12.3. The highest BCUT2D eigenvalue weighted by atomic mass is 19.4. The van der Waals surface area contributed by atoms with Crippen molar-refractivity contribution in [2.24, 2.45) is 0 Å².